The second kappa shape index (κ2) is 6.21. The average Bonchev–Trinajstić information content (AvgIpc) is 3.01. The Morgan fingerprint density at radius 2 is 1.95 bits per heavy atom. The monoisotopic (exact) mass is 307 g/mol. The molecule has 0 bridgehead atoms. The van der Waals surface area contributed by atoms with E-state index in [0.717, 1.165) is 4.90 Å². The van der Waals surface area contributed by atoms with Crippen LogP contribution in [0.3, 0.4) is 0 Å². The maximum absolute atomic E-state index is 11.9. The minimum absolute atomic E-state index is 0.00171. The SMILES string of the molecule is CC(CC(=O)OCCN1C(=O)NC(C)(C)C1=O)n1cccc1. The van der Waals surface area contributed by atoms with Gasteiger partial charge in [-0.1, -0.05) is 0 Å². The standard InChI is InChI=1S/C15H21N3O4/c1-11(17-6-4-5-7-17)10-12(19)22-9-8-18-13(20)15(2,3)16-14(18)21/h4-7,11H,8-10H2,1-3H3,(H,16,21). The van der Waals surface area contributed by atoms with Crippen LogP contribution in [0, 0.1) is 0 Å². The average molecular weight is 307 g/mol. The minimum Gasteiger partial charge on any atom is -0.464 e. The van der Waals surface area contributed by atoms with E-state index in [2.05, 4.69) is 5.32 Å². The Morgan fingerprint density at radius 3 is 2.50 bits per heavy atom. The molecule has 0 aromatic carbocycles. The van der Waals surface area contributed by atoms with Crippen LogP contribution >= 0.6 is 0 Å². The molecular formula is C15H21N3O4. The molecule has 2 heterocycles. The first kappa shape index (κ1) is 16.1. The third-order valence-electron chi connectivity index (χ3n) is 3.62. The fourth-order valence-electron chi connectivity index (χ4n) is 2.32. The van der Waals surface area contributed by atoms with E-state index < -0.39 is 11.6 Å². The fraction of sp³-hybridized carbons (Fsp3) is 0.533. The molecule has 0 radical (unpaired) electrons. The highest BCUT2D eigenvalue weighted by molar-refractivity contribution is 6.06. The van der Waals surface area contributed by atoms with Gasteiger partial charge in [-0.3, -0.25) is 14.5 Å². The third-order valence-corrected chi connectivity index (χ3v) is 3.62. The van der Waals surface area contributed by atoms with E-state index in [1.54, 1.807) is 13.8 Å². The number of aromatic nitrogens is 1. The van der Waals surface area contributed by atoms with Crippen LogP contribution in [0.15, 0.2) is 24.5 Å². The van der Waals surface area contributed by atoms with Crippen molar-refractivity contribution in [1.29, 1.82) is 0 Å². The van der Waals surface area contributed by atoms with E-state index >= 15 is 0 Å². The highest BCUT2D eigenvalue weighted by atomic mass is 16.5. The van der Waals surface area contributed by atoms with E-state index in [-0.39, 0.29) is 37.5 Å². The van der Waals surface area contributed by atoms with Crippen molar-refractivity contribution in [3.63, 3.8) is 0 Å². The van der Waals surface area contributed by atoms with Gasteiger partial charge >= 0.3 is 12.0 Å². The number of ether oxygens (including phenoxy) is 1. The highest BCUT2D eigenvalue weighted by Crippen LogP contribution is 2.16. The molecule has 0 saturated carbocycles. The van der Waals surface area contributed by atoms with Gasteiger partial charge < -0.3 is 14.6 Å². The Bertz CT molecular complexity index is 565. The third kappa shape index (κ3) is 3.47. The molecule has 1 aromatic heterocycles. The molecule has 3 amide bonds. The van der Waals surface area contributed by atoms with Crippen LogP contribution in [0.1, 0.15) is 33.2 Å². The summed E-state index contributed by atoms with van der Waals surface area (Å²) in [5.41, 5.74) is -0.899. The molecule has 1 aromatic rings. The number of amides is 3. The molecule has 22 heavy (non-hydrogen) atoms. The van der Waals surface area contributed by atoms with Gasteiger partial charge in [0.05, 0.1) is 13.0 Å². The number of hydrogen-bond acceptors (Lipinski definition) is 4. The first-order valence-corrected chi connectivity index (χ1v) is 7.23. The van der Waals surface area contributed by atoms with Gasteiger partial charge in [-0.05, 0) is 32.9 Å². The molecule has 1 unspecified atom stereocenters. The van der Waals surface area contributed by atoms with Crippen molar-refractivity contribution < 1.29 is 19.1 Å². The van der Waals surface area contributed by atoms with Gasteiger partial charge in [0, 0.05) is 18.4 Å². The number of imide groups is 1. The molecule has 1 atom stereocenters. The molecule has 0 spiro atoms. The topological polar surface area (TPSA) is 80.6 Å². The van der Waals surface area contributed by atoms with Crippen LogP contribution in [0.25, 0.3) is 0 Å². The van der Waals surface area contributed by atoms with E-state index in [9.17, 15) is 14.4 Å². The van der Waals surface area contributed by atoms with Gasteiger partial charge in [-0.15, -0.1) is 0 Å². The summed E-state index contributed by atoms with van der Waals surface area (Å²) in [5.74, 6) is -0.665. The maximum atomic E-state index is 11.9. The molecule has 7 nitrogen and oxygen atoms in total. The number of rotatable bonds is 6. The van der Waals surface area contributed by atoms with Crippen molar-refractivity contribution in [3.05, 3.63) is 24.5 Å². The number of carbonyl (C=O) groups is 3. The summed E-state index contributed by atoms with van der Waals surface area (Å²) in [6.45, 7) is 5.27. The zero-order chi connectivity index (χ0) is 16.3. The predicted octanol–water partition coefficient (Wildman–Crippen LogP) is 1.31. The number of urea groups is 1. The summed E-state index contributed by atoms with van der Waals surface area (Å²) in [4.78, 5) is 36.4. The highest BCUT2D eigenvalue weighted by Gasteiger charge is 2.43. The summed E-state index contributed by atoms with van der Waals surface area (Å²) in [6, 6.07) is 3.33. The van der Waals surface area contributed by atoms with Crippen LogP contribution in [0.2, 0.25) is 0 Å². The lowest BCUT2D eigenvalue weighted by atomic mass is 10.1. The van der Waals surface area contributed by atoms with Crippen LogP contribution in [0.4, 0.5) is 4.79 Å². The van der Waals surface area contributed by atoms with E-state index in [1.807, 2.05) is 36.0 Å². The second-order valence-corrected chi connectivity index (χ2v) is 5.92. The quantitative estimate of drug-likeness (QED) is 0.635. The van der Waals surface area contributed by atoms with E-state index in [4.69, 9.17) is 4.74 Å². The van der Waals surface area contributed by atoms with Crippen LogP contribution in [0.5, 0.6) is 0 Å². The Balaban J connectivity index is 1.76. The van der Waals surface area contributed by atoms with Crippen LogP contribution < -0.4 is 5.32 Å². The number of carbonyl (C=O) groups excluding carboxylic acids is 3. The zero-order valence-electron chi connectivity index (χ0n) is 13.0. The first-order valence-electron chi connectivity index (χ1n) is 7.23. The molecular weight excluding hydrogens is 286 g/mol. The molecule has 1 saturated heterocycles. The normalized spacial score (nSPS) is 18.2. The molecule has 2 rings (SSSR count). The molecule has 120 valence electrons. The molecule has 1 N–H and O–H groups in total. The summed E-state index contributed by atoms with van der Waals surface area (Å²) in [7, 11) is 0. The molecule has 1 fully saturated rings. The minimum atomic E-state index is -0.899. The lowest BCUT2D eigenvalue weighted by Crippen LogP contribution is -2.40. The summed E-state index contributed by atoms with van der Waals surface area (Å²) >= 11 is 0. The number of esters is 1. The predicted molar refractivity (Wildman–Crippen MR) is 79.0 cm³/mol. The van der Waals surface area contributed by atoms with Crippen molar-refractivity contribution in [1.82, 2.24) is 14.8 Å². The van der Waals surface area contributed by atoms with Gasteiger partial charge in [0.25, 0.3) is 5.91 Å². The van der Waals surface area contributed by atoms with Crippen molar-refractivity contribution in [2.24, 2.45) is 0 Å². The fourth-order valence-corrected chi connectivity index (χ4v) is 2.32. The van der Waals surface area contributed by atoms with Gasteiger partial charge in [-0.2, -0.15) is 0 Å². The Morgan fingerprint density at radius 1 is 1.32 bits per heavy atom. The lowest BCUT2D eigenvalue weighted by molar-refractivity contribution is -0.145. The van der Waals surface area contributed by atoms with Gasteiger partial charge in [0.1, 0.15) is 12.1 Å². The maximum Gasteiger partial charge on any atom is 0.325 e. The van der Waals surface area contributed by atoms with Crippen LogP contribution in [-0.4, -0.2) is 46.1 Å². The molecule has 1 aliphatic rings. The van der Waals surface area contributed by atoms with Crippen molar-refractivity contribution >= 4 is 17.9 Å². The van der Waals surface area contributed by atoms with Crippen molar-refractivity contribution in [2.45, 2.75) is 38.8 Å². The zero-order valence-corrected chi connectivity index (χ0v) is 13.0. The Kier molecular flexibility index (Phi) is 4.54. The van der Waals surface area contributed by atoms with Crippen LogP contribution in [-0.2, 0) is 14.3 Å². The van der Waals surface area contributed by atoms with Crippen molar-refractivity contribution in [3.8, 4) is 0 Å². The van der Waals surface area contributed by atoms with Gasteiger partial charge in [0.15, 0.2) is 0 Å². The molecule has 7 heteroatoms. The molecule has 0 aliphatic carbocycles. The smallest absolute Gasteiger partial charge is 0.325 e. The van der Waals surface area contributed by atoms with Crippen molar-refractivity contribution in [2.75, 3.05) is 13.2 Å². The van der Waals surface area contributed by atoms with Gasteiger partial charge in [0.2, 0.25) is 0 Å². The largest absolute Gasteiger partial charge is 0.464 e. The second-order valence-electron chi connectivity index (χ2n) is 5.92. The summed E-state index contributed by atoms with van der Waals surface area (Å²) < 4.78 is 7.03. The Hall–Kier alpha value is -2.31. The number of nitrogens with one attached hydrogen (secondary N) is 1. The number of nitrogens with zero attached hydrogens (tertiary/aromatic N) is 2. The summed E-state index contributed by atoms with van der Waals surface area (Å²) in [5, 5.41) is 2.58. The molecule has 1 aliphatic heterocycles. The summed E-state index contributed by atoms with van der Waals surface area (Å²) in [6.07, 6.45) is 4.00. The Labute approximate surface area is 129 Å². The van der Waals surface area contributed by atoms with E-state index in [0.29, 0.717) is 0 Å². The lowest BCUT2D eigenvalue weighted by Gasteiger charge is -2.16. The van der Waals surface area contributed by atoms with E-state index in [1.165, 1.54) is 0 Å². The number of hydrogen-bond donors (Lipinski definition) is 1. The van der Waals surface area contributed by atoms with Gasteiger partial charge in [-0.25, -0.2) is 4.79 Å². The first-order chi connectivity index (χ1) is 10.3.